The number of nitrogens with zero attached hydrogens (tertiary/aromatic N) is 1. The molecule has 0 aliphatic carbocycles. The Bertz CT molecular complexity index is 125. The van der Waals surface area contributed by atoms with Gasteiger partial charge in [0.05, 0.1) is 0 Å². The zero-order valence-electron chi connectivity index (χ0n) is 4.59. The van der Waals surface area contributed by atoms with E-state index < -0.39 is 5.91 Å². The average Bonchev–Trinajstić information content (AvgIpc) is 1.67. The van der Waals surface area contributed by atoms with Crippen molar-refractivity contribution in [2.75, 3.05) is 6.54 Å². The Hall–Kier alpha value is -1.01. The van der Waals surface area contributed by atoms with E-state index in [9.17, 15) is 4.79 Å². The van der Waals surface area contributed by atoms with Crippen molar-refractivity contribution in [1.82, 2.24) is 5.06 Å². The molecule has 0 rings (SSSR count). The van der Waals surface area contributed by atoms with E-state index in [1.54, 1.807) is 0 Å². The SMILES string of the molecule is C#CCN(O)C(C)=O. The van der Waals surface area contributed by atoms with Crippen molar-refractivity contribution >= 4 is 5.91 Å². The van der Waals surface area contributed by atoms with Crippen LogP contribution in [0.4, 0.5) is 0 Å². The van der Waals surface area contributed by atoms with E-state index in [0.717, 1.165) is 0 Å². The highest BCUT2D eigenvalue weighted by molar-refractivity contribution is 5.72. The fraction of sp³-hybridized carbons (Fsp3) is 0.400. The number of carbonyl (C=O) groups is 1. The van der Waals surface area contributed by atoms with Crippen molar-refractivity contribution < 1.29 is 10.0 Å². The van der Waals surface area contributed by atoms with Gasteiger partial charge in [0.1, 0.15) is 6.54 Å². The highest BCUT2D eigenvalue weighted by Gasteiger charge is 1.98. The van der Waals surface area contributed by atoms with Crippen molar-refractivity contribution in [3.63, 3.8) is 0 Å². The van der Waals surface area contributed by atoms with Gasteiger partial charge in [0.2, 0.25) is 5.91 Å². The molecule has 8 heavy (non-hydrogen) atoms. The largest absolute Gasteiger partial charge is 0.285 e. The Morgan fingerprint density at radius 3 is 2.62 bits per heavy atom. The molecular weight excluding hydrogens is 106 g/mol. The van der Waals surface area contributed by atoms with Crippen molar-refractivity contribution in [2.24, 2.45) is 0 Å². The highest BCUT2D eigenvalue weighted by atomic mass is 16.5. The molecule has 0 saturated heterocycles. The van der Waals surface area contributed by atoms with E-state index in [2.05, 4.69) is 5.92 Å². The van der Waals surface area contributed by atoms with Crippen molar-refractivity contribution in [3.05, 3.63) is 0 Å². The van der Waals surface area contributed by atoms with E-state index in [1.165, 1.54) is 6.92 Å². The van der Waals surface area contributed by atoms with Gasteiger partial charge in [0.15, 0.2) is 0 Å². The van der Waals surface area contributed by atoms with Crippen LogP contribution in [0.15, 0.2) is 0 Å². The van der Waals surface area contributed by atoms with Crippen LogP contribution in [0.2, 0.25) is 0 Å². The van der Waals surface area contributed by atoms with Crippen LogP contribution in [0.1, 0.15) is 6.92 Å². The Morgan fingerprint density at radius 1 is 2.00 bits per heavy atom. The Morgan fingerprint density at radius 2 is 2.50 bits per heavy atom. The zero-order chi connectivity index (χ0) is 6.57. The van der Waals surface area contributed by atoms with Gasteiger partial charge in [-0.3, -0.25) is 10.0 Å². The van der Waals surface area contributed by atoms with Crippen molar-refractivity contribution in [1.29, 1.82) is 0 Å². The predicted octanol–water partition coefficient (Wildman–Crippen LogP) is -0.143. The average molecular weight is 113 g/mol. The number of terminal acetylenes is 1. The lowest BCUT2D eigenvalue weighted by molar-refractivity contribution is -0.159. The first kappa shape index (κ1) is 6.99. The van der Waals surface area contributed by atoms with E-state index >= 15 is 0 Å². The molecule has 3 heteroatoms. The van der Waals surface area contributed by atoms with Gasteiger partial charge in [-0.1, -0.05) is 5.92 Å². The molecule has 0 bridgehead atoms. The summed E-state index contributed by atoms with van der Waals surface area (Å²) in [5.74, 6) is 1.66. The summed E-state index contributed by atoms with van der Waals surface area (Å²) in [6.45, 7) is 1.19. The standard InChI is InChI=1S/C5H7NO2/c1-3-4-6(8)5(2)7/h1,8H,4H2,2H3. The van der Waals surface area contributed by atoms with Gasteiger partial charge < -0.3 is 0 Å². The van der Waals surface area contributed by atoms with Gasteiger partial charge >= 0.3 is 0 Å². The number of rotatable bonds is 1. The first-order valence-corrected chi connectivity index (χ1v) is 2.09. The second-order valence-electron chi connectivity index (χ2n) is 1.28. The molecule has 0 fully saturated rings. The van der Waals surface area contributed by atoms with E-state index in [4.69, 9.17) is 11.6 Å². The van der Waals surface area contributed by atoms with Crippen LogP contribution < -0.4 is 0 Å². The molecular formula is C5H7NO2. The van der Waals surface area contributed by atoms with Crippen LogP contribution >= 0.6 is 0 Å². The number of amides is 1. The van der Waals surface area contributed by atoms with Crippen LogP contribution in [0.25, 0.3) is 0 Å². The molecule has 44 valence electrons. The summed E-state index contributed by atoms with van der Waals surface area (Å²) in [4.78, 5) is 10.1. The van der Waals surface area contributed by atoms with Crippen LogP contribution in [-0.4, -0.2) is 22.7 Å². The molecule has 0 aliphatic rings. The minimum atomic E-state index is -0.442. The molecule has 0 aliphatic heterocycles. The molecule has 1 N–H and O–H groups in total. The second-order valence-corrected chi connectivity index (χ2v) is 1.28. The van der Waals surface area contributed by atoms with Gasteiger partial charge in [-0.15, -0.1) is 6.42 Å². The third-order valence-electron chi connectivity index (χ3n) is 0.605. The summed E-state index contributed by atoms with van der Waals surface area (Å²) in [6, 6.07) is 0. The number of hydrogen-bond acceptors (Lipinski definition) is 2. The Labute approximate surface area is 47.9 Å². The fourth-order valence-corrected chi connectivity index (χ4v) is 0.198. The Kier molecular flexibility index (Phi) is 2.67. The molecule has 0 aromatic heterocycles. The molecule has 0 unspecified atom stereocenters. The summed E-state index contributed by atoms with van der Waals surface area (Å²) >= 11 is 0. The van der Waals surface area contributed by atoms with Crippen molar-refractivity contribution in [3.8, 4) is 12.3 Å². The van der Waals surface area contributed by atoms with Crippen LogP contribution in [-0.2, 0) is 4.79 Å². The summed E-state index contributed by atoms with van der Waals surface area (Å²) in [5, 5.41) is 8.94. The molecule has 0 radical (unpaired) electrons. The summed E-state index contributed by atoms with van der Waals surface area (Å²) in [5.41, 5.74) is 0. The summed E-state index contributed by atoms with van der Waals surface area (Å²) < 4.78 is 0. The molecule has 3 nitrogen and oxygen atoms in total. The maximum absolute atomic E-state index is 10.1. The molecule has 0 saturated carbocycles. The smallest absolute Gasteiger partial charge is 0.243 e. The Balaban J connectivity index is 3.52. The third-order valence-corrected chi connectivity index (χ3v) is 0.605. The minimum Gasteiger partial charge on any atom is -0.285 e. The van der Waals surface area contributed by atoms with Crippen LogP contribution in [0.5, 0.6) is 0 Å². The van der Waals surface area contributed by atoms with E-state index in [1.807, 2.05) is 0 Å². The van der Waals surface area contributed by atoms with Gasteiger partial charge in [-0.25, -0.2) is 5.06 Å². The first-order chi connectivity index (χ1) is 3.68. The lowest BCUT2D eigenvalue weighted by Crippen LogP contribution is -2.24. The summed E-state index contributed by atoms with van der Waals surface area (Å²) in [7, 11) is 0. The van der Waals surface area contributed by atoms with Gasteiger partial charge in [0.25, 0.3) is 0 Å². The van der Waals surface area contributed by atoms with E-state index in [0.29, 0.717) is 5.06 Å². The zero-order valence-corrected chi connectivity index (χ0v) is 4.59. The van der Waals surface area contributed by atoms with Crippen LogP contribution in [0.3, 0.4) is 0 Å². The molecule has 0 spiro atoms. The maximum atomic E-state index is 10.1. The molecule has 0 aromatic rings. The maximum Gasteiger partial charge on any atom is 0.243 e. The molecule has 1 amide bonds. The normalized spacial score (nSPS) is 7.62. The van der Waals surface area contributed by atoms with Gasteiger partial charge in [-0.2, -0.15) is 0 Å². The lowest BCUT2D eigenvalue weighted by Gasteiger charge is -2.05. The molecule has 0 atom stereocenters. The number of carbonyl (C=O) groups excluding carboxylic acids is 1. The minimum absolute atomic E-state index is 0.0463. The molecule has 0 heterocycles. The second kappa shape index (κ2) is 3.05. The van der Waals surface area contributed by atoms with Crippen molar-refractivity contribution in [2.45, 2.75) is 6.92 Å². The fourth-order valence-electron chi connectivity index (χ4n) is 0.198. The van der Waals surface area contributed by atoms with Gasteiger partial charge in [-0.05, 0) is 0 Å². The highest BCUT2D eigenvalue weighted by Crippen LogP contribution is 1.77. The predicted molar refractivity (Wildman–Crippen MR) is 28.0 cm³/mol. The third kappa shape index (κ3) is 2.21. The summed E-state index contributed by atoms with van der Waals surface area (Å²) in [6.07, 6.45) is 4.76. The first-order valence-electron chi connectivity index (χ1n) is 2.09. The van der Waals surface area contributed by atoms with E-state index in [-0.39, 0.29) is 6.54 Å². The lowest BCUT2D eigenvalue weighted by atomic mass is 10.6. The molecule has 0 aromatic carbocycles. The number of hydrogen-bond donors (Lipinski definition) is 1. The van der Waals surface area contributed by atoms with Gasteiger partial charge in [0, 0.05) is 6.92 Å². The monoisotopic (exact) mass is 113 g/mol. The topological polar surface area (TPSA) is 40.5 Å². The number of hydroxylamine groups is 2. The van der Waals surface area contributed by atoms with Crippen LogP contribution in [0, 0.1) is 12.3 Å². The quantitative estimate of drug-likeness (QED) is 0.292.